The van der Waals surface area contributed by atoms with Crippen molar-refractivity contribution in [3.8, 4) is 16.9 Å². The van der Waals surface area contributed by atoms with E-state index in [1.165, 1.54) is 6.42 Å². The van der Waals surface area contributed by atoms with Crippen LogP contribution in [0.4, 0.5) is 5.69 Å². The number of aryl methyl sites for hydroxylation is 1. The predicted molar refractivity (Wildman–Crippen MR) is 172 cm³/mol. The monoisotopic (exact) mass is 598 g/mol. The third-order valence-corrected chi connectivity index (χ3v) is 10.0. The fourth-order valence-electron chi connectivity index (χ4n) is 7.43. The Hall–Kier alpha value is -3.65. The number of nitrogens with one attached hydrogen (secondary N) is 1. The summed E-state index contributed by atoms with van der Waals surface area (Å²) in [6, 6.07) is 14.6. The summed E-state index contributed by atoms with van der Waals surface area (Å²) < 4.78 is 7.57. The Bertz CT molecular complexity index is 1460. The molecule has 3 aliphatic carbocycles. The Morgan fingerprint density at radius 1 is 1.02 bits per heavy atom. The summed E-state index contributed by atoms with van der Waals surface area (Å²) in [5.41, 5.74) is 5.00. The van der Waals surface area contributed by atoms with Gasteiger partial charge in [0.05, 0.1) is 19.3 Å². The number of benzene rings is 2. The molecule has 3 fully saturated rings. The molecule has 8 heteroatoms. The van der Waals surface area contributed by atoms with Crippen molar-refractivity contribution >= 4 is 17.5 Å². The molecule has 6 rings (SSSR count). The average Bonchev–Trinajstić information content (AvgIpc) is 3.80. The molecule has 3 aliphatic rings. The van der Waals surface area contributed by atoms with Gasteiger partial charge in [-0.1, -0.05) is 43.5 Å². The molecule has 0 saturated heterocycles. The van der Waals surface area contributed by atoms with Crippen LogP contribution in [0.1, 0.15) is 87.3 Å². The minimum absolute atomic E-state index is 0.0710. The van der Waals surface area contributed by atoms with E-state index in [2.05, 4.69) is 28.7 Å². The van der Waals surface area contributed by atoms with Crippen LogP contribution in [0.15, 0.2) is 54.9 Å². The number of hydrogen-bond donors (Lipinski definition) is 2. The van der Waals surface area contributed by atoms with E-state index >= 15 is 0 Å². The van der Waals surface area contributed by atoms with Crippen LogP contribution < -0.4 is 15.0 Å². The molecule has 3 aromatic rings. The van der Waals surface area contributed by atoms with Gasteiger partial charge in [-0.05, 0) is 92.7 Å². The minimum atomic E-state index is -0.572. The first-order chi connectivity index (χ1) is 21.4. The number of anilines is 1. The van der Waals surface area contributed by atoms with Crippen molar-refractivity contribution in [2.45, 2.75) is 89.1 Å². The standard InChI is InChI=1S/C36H46N4O4/c1-24-17-28(12-16-34(24)44-2)32-15-11-25(20-37-36(43)26-7-4-3-5-8-26)18-33(32)40(35(42)23-41)31-10-6-9-27(19-31)29-21-38-39(22-29)30-13-14-30/h6,9-10,12,16-17,19,21-22,25-26,30,32-33,41H,3-5,7-8,11,13-15,18,20,23H2,1-2H3,(H,37,43). The lowest BCUT2D eigenvalue weighted by Gasteiger charge is -2.43. The average molecular weight is 599 g/mol. The molecule has 0 spiro atoms. The van der Waals surface area contributed by atoms with Crippen molar-refractivity contribution in [2.24, 2.45) is 11.8 Å². The third kappa shape index (κ3) is 6.70. The molecular weight excluding hydrogens is 552 g/mol. The minimum Gasteiger partial charge on any atom is -0.496 e. The second-order valence-corrected chi connectivity index (χ2v) is 13.1. The Morgan fingerprint density at radius 2 is 1.84 bits per heavy atom. The van der Waals surface area contributed by atoms with E-state index in [4.69, 9.17) is 4.74 Å². The van der Waals surface area contributed by atoms with E-state index in [1.54, 1.807) is 7.11 Å². The zero-order chi connectivity index (χ0) is 30.6. The fourth-order valence-corrected chi connectivity index (χ4v) is 7.43. The number of aliphatic hydroxyl groups excluding tert-OH is 1. The van der Waals surface area contributed by atoms with Crippen LogP contribution in [-0.4, -0.2) is 53.0 Å². The smallest absolute Gasteiger partial charge is 0.252 e. The van der Waals surface area contributed by atoms with E-state index in [1.807, 2.05) is 53.0 Å². The van der Waals surface area contributed by atoms with Gasteiger partial charge >= 0.3 is 0 Å². The van der Waals surface area contributed by atoms with Crippen LogP contribution in [0.25, 0.3) is 11.1 Å². The molecule has 1 heterocycles. The topological polar surface area (TPSA) is 96.7 Å². The molecule has 0 aliphatic heterocycles. The van der Waals surface area contributed by atoms with Crippen molar-refractivity contribution < 1.29 is 19.4 Å². The fraction of sp³-hybridized carbons (Fsp3) is 0.528. The van der Waals surface area contributed by atoms with Gasteiger partial charge in [-0.2, -0.15) is 5.10 Å². The molecule has 234 valence electrons. The number of hydrogen-bond acceptors (Lipinski definition) is 5. The van der Waals surface area contributed by atoms with E-state index < -0.39 is 6.61 Å². The lowest BCUT2D eigenvalue weighted by Crippen LogP contribution is -2.49. The van der Waals surface area contributed by atoms with Crippen LogP contribution in [0.2, 0.25) is 0 Å². The van der Waals surface area contributed by atoms with Crippen LogP contribution in [0.5, 0.6) is 5.75 Å². The Morgan fingerprint density at radius 3 is 2.57 bits per heavy atom. The number of carbonyl (C=O) groups excluding carboxylic acids is 2. The Balaban J connectivity index is 1.30. The third-order valence-electron chi connectivity index (χ3n) is 10.0. The summed E-state index contributed by atoms with van der Waals surface area (Å²) in [4.78, 5) is 28.5. The second kappa shape index (κ2) is 13.6. The van der Waals surface area contributed by atoms with Crippen LogP contribution >= 0.6 is 0 Å². The molecule has 3 atom stereocenters. The number of aromatic nitrogens is 2. The molecule has 2 amide bonds. The summed E-state index contributed by atoms with van der Waals surface area (Å²) in [5, 5.41) is 18.1. The second-order valence-electron chi connectivity index (χ2n) is 13.1. The summed E-state index contributed by atoms with van der Waals surface area (Å²) in [7, 11) is 1.68. The van der Waals surface area contributed by atoms with E-state index in [0.717, 1.165) is 91.5 Å². The first kappa shape index (κ1) is 30.4. The maximum atomic E-state index is 13.7. The number of methoxy groups -OCH3 is 1. The predicted octanol–water partition coefficient (Wildman–Crippen LogP) is 6.18. The SMILES string of the molecule is COc1ccc(C2CCC(CNC(=O)C3CCCCC3)CC2N(C(=O)CO)c2cccc(-c3cnn(C4CC4)c3)c2)cc1C. The van der Waals surface area contributed by atoms with Crippen molar-refractivity contribution in [3.63, 3.8) is 0 Å². The molecule has 2 N–H and O–H groups in total. The van der Waals surface area contributed by atoms with E-state index in [0.29, 0.717) is 12.6 Å². The molecule has 0 bridgehead atoms. The largest absolute Gasteiger partial charge is 0.496 e. The zero-order valence-corrected chi connectivity index (χ0v) is 26.1. The molecule has 8 nitrogen and oxygen atoms in total. The van der Waals surface area contributed by atoms with Gasteiger partial charge < -0.3 is 20.1 Å². The molecule has 3 unspecified atom stereocenters. The summed E-state index contributed by atoms with van der Waals surface area (Å²) in [6.07, 6.45) is 14.3. The first-order valence-corrected chi connectivity index (χ1v) is 16.4. The molecule has 2 aromatic carbocycles. The van der Waals surface area contributed by atoms with Gasteiger partial charge in [0.25, 0.3) is 5.91 Å². The van der Waals surface area contributed by atoms with E-state index in [9.17, 15) is 14.7 Å². The molecule has 3 saturated carbocycles. The summed E-state index contributed by atoms with van der Waals surface area (Å²) in [5.74, 6) is 1.13. The lowest BCUT2D eigenvalue weighted by atomic mass is 9.73. The zero-order valence-electron chi connectivity index (χ0n) is 26.1. The van der Waals surface area contributed by atoms with Gasteiger partial charge in [-0.3, -0.25) is 14.3 Å². The number of amides is 2. The lowest BCUT2D eigenvalue weighted by molar-refractivity contribution is -0.126. The van der Waals surface area contributed by atoms with Crippen molar-refractivity contribution in [3.05, 3.63) is 66.0 Å². The van der Waals surface area contributed by atoms with Crippen molar-refractivity contribution in [2.75, 3.05) is 25.2 Å². The highest BCUT2D eigenvalue weighted by molar-refractivity contribution is 5.95. The maximum absolute atomic E-state index is 13.7. The summed E-state index contributed by atoms with van der Waals surface area (Å²) in [6.45, 7) is 2.09. The maximum Gasteiger partial charge on any atom is 0.252 e. The number of carbonyl (C=O) groups is 2. The van der Waals surface area contributed by atoms with Gasteiger partial charge in [0.2, 0.25) is 5.91 Å². The van der Waals surface area contributed by atoms with Crippen LogP contribution in [-0.2, 0) is 9.59 Å². The molecular formula is C36H46N4O4. The van der Waals surface area contributed by atoms with Gasteiger partial charge in [0.1, 0.15) is 12.4 Å². The van der Waals surface area contributed by atoms with E-state index in [-0.39, 0.29) is 35.6 Å². The van der Waals surface area contributed by atoms with Crippen molar-refractivity contribution in [1.29, 1.82) is 0 Å². The highest BCUT2D eigenvalue weighted by atomic mass is 16.5. The summed E-state index contributed by atoms with van der Waals surface area (Å²) >= 11 is 0. The molecule has 1 aromatic heterocycles. The Labute approximate surface area is 260 Å². The van der Waals surface area contributed by atoms with Gasteiger partial charge in [0, 0.05) is 41.9 Å². The van der Waals surface area contributed by atoms with Gasteiger partial charge in [-0.25, -0.2) is 0 Å². The number of nitrogens with zero attached hydrogens (tertiary/aromatic N) is 3. The van der Waals surface area contributed by atoms with Crippen molar-refractivity contribution in [1.82, 2.24) is 15.1 Å². The normalized spacial score (nSPS) is 22.4. The quantitative estimate of drug-likeness (QED) is 0.291. The highest BCUT2D eigenvalue weighted by Crippen LogP contribution is 2.42. The number of ether oxygens (including phenoxy) is 1. The number of rotatable bonds is 10. The van der Waals surface area contributed by atoms with Crippen LogP contribution in [0, 0.1) is 18.8 Å². The van der Waals surface area contributed by atoms with Gasteiger partial charge in [0.15, 0.2) is 0 Å². The van der Waals surface area contributed by atoms with Crippen LogP contribution in [0.3, 0.4) is 0 Å². The number of aliphatic hydroxyl groups is 1. The highest BCUT2D eigenvalue weighted by Gasteiger charge is 2.39. The molecule has 0 radical (unpaired) electrons. The Kier molecular flexibility index (Phi) is 9.36. The molecule has 44 heavy (non-hydrogen) atoms. The van der Waals surface area contributed by atoms with Gasteiger partial charge in [-0.15, -0.1) is 0 Å². The first-order valence-electron chi connectivity index (χ1n) is 16.4.